The van der Waals surface area contributed by atoms with Gasteiger partial charge in [0.25, 0.3) is 0 Å². The van der Waals surface area contributed by atoms with Crippen molar-refractivity contribution in [2.75, 3.05) is 45.1 Å². The number of hydrogen-bond acceptors (Lipinski definition) is 7. The molecule has 292 valence electrons. The van der Waals surface area contributed by atoms with E-state index in [0.29, 0.717) is 45.1 Å². The van der Waals surface area contributed by atoms with Crippen molar-refractivity contribution >= 4 is 52.2 Å². The van der Waals surface area contributed by atoms with Crippen molar-refractivity contribution in [2.45, 2.75) is 72.1 Å². The zero-order valence-corrected chi connectivity index (χ0v) is 33.9. The van der Waals surface area contributed by atoms with Gasteiger partial charge in [0, 0.05) is 53.6 Å². The Morgan fingerprint density at radius 2 is 1.05 bits per heavy atom. The summed E-state index contributed by atoms with van der Waals surface area (Å²) in [5.41, 5.74) is 22.5. The normalized spacial score (nSPS) is 16.3. The van der Waals surface area contributed by atoms with Gasteiger partial charge >= 0.3 is 12.2 Å². The lowest BCUT2D eigenvalue weighted by Gasteiger charge is -2.29. The summed E-state index contributed by atoms with van der Waals surface area (Å²) >= 11 is 12.6. The standard InChI is InChI=1S/C23H25ClN2O2.C22H24ClN3O2/c1-3-28-23(27)26-10-8-16(9-11-26)21-20-7-6-19(24)13-17(20)4-5-18-12-15(2)14-25-22(18)21;1-2-28-22(27)26-9-7-14(8-10-26)20-19-6-5-17(23)11-15(19)3-4-16-12-18(24)13-25-21(16)20/h6-7,12-14H,3-5,8-11H2,1-2H3;5-6,11-13H,2-4,7-10,24H2,1H3. The number of amides is 2. The molecule has 2 aromatic heterocycles. The van der Waals surface area contributed by atoms with E-state index in [1.807, 2.05) is 38.2 Å². The molecule has 0 unspecified atom stereocenters. The van der Waals surface area contributed by atoms with Gasteiger partial charge in [0.2, 0.25) is 0 Å². The SMILES string of the molecule is CCOC(=O)N1CCC(=C2c3ccc(Cl)cc3CCc3cc(C)cnc32)CC1.CCOC(=O)N1CCC(=C2c3ccc(Cl)cc3CCc3cc(N)cnc32)CC1. The Morgan fingerprint density at radius 3 is 1.52 bits per heavy atom. The maximum Gasteiger partial charge on any atom is 0.409 e. The first kappa shape index (κ1) is 39.4. The van der Waals surface area contributed by atoms with Crippen LogP contribution in [0, 0.1) is 6.92 Å². The van der Waals surface area contributed by atoms with Gasteiger partial charge < -0.3 is 25.0 Å². The second-order valence-electron chi connectivity index (χ2n) is 14.7. The first-order valence-electron chi connectivity index (χ1n) is 19.7. The lowest BCUT2D eigenvalue weighted by Crippen LogP contribution is -2.37. The fourth-order valence-electron chi connectivity index (χ4n) is 8.37. The molecule has 4 heterocycles. The van der Waals surface area contributed by atoms with Gasteiger partial charge in [-0.3, -0.25) is 9.97 Å². The van der Waals surface area contributed by atoms with Gasteiger partial charge in [0.05, 0.1) is 36.5 Å². The van der Waals surface area contributed by atoms with Crippen molar-refractivity contribution in [3.8, 4) is 0 Å². The molecule has 0 spiro atoms. The molecule has 9 nitrogen and oxygen atoms in total. The van der Waals surface area contributed by atoms with Gasteiger partial charge in [0.1, 0.15) is 0 Å². The molecule has 0 saturated carbocycles. The number of halogens is 2. The van der Waals surface area contributed by atoms with Gasteiger partial charge in [-0.1, -0.05) is 52.5 Å². The minimum absolute atomic E-state index is 0.214. The molecule has 2 aliphatic heterocycles. The van der Waals surface area contributed by atoms with E-state index in [0.717, 1.165) is 72.8 Å². The Hall–Kier alpha value is -4.86. The summed E-state index contributed by atoms with van der Waals surface area (Å²) in [6.07, 6.45) is 10.2. The predicted molar refractivity (Wildman–Crippen MR) is 223 cm³/mol. The summed E-state index contributed by atoms with van der Waals surface area (Å²) in [6, 6.07) is 16.6. The first-order valence-corrected chi connectivity index (χ1v) is 20.4. The zero-order valence-electron chi connectivity index (χ0n) is 32.4. The average molecular weight is 795 g/mol. The van der Waals surface area contributed by atoms with Crippen LogP contribution < -0.4 is 5.73 Å². The fraction of sp³-hybridized carbons (Fsp3) is 0.378. The number of piperidine rings is 2. The number of hydrogen-bond donors (Lipinski definition) is 1. The number of carbonyl (C=O) groups excluding carboxylic acids is 2. The van der Waals surface area contributed by atoms with E-state index < -0.39 is 0 Å². The summed E-state index contributed by atoms with van der Waals surface area (Å²) in [5.74, 6) is 0. The number of pyridine rings is 2. The summed E-state index contributed by atoms with van der Waals surface area (Å²) in [7, 11) is 0. The third-order valence-corrected chi connectivity index (χ3v) is 11.5. The Bertz CT molecular complexity index is 1930. The number of rotatable bonds is 2. The van der Waals surface area contributed by atoms with Crippen LogP contribution in [0.15, 0.2) is 72.1 Å². The predicted octanol–water partition coefficient (Wildman–Crippen LogP) is 9.67. The lowest BCUT2D eigenvalue weighted by molar-refractivity contribution is 0.103. The molecule has 2 fully saturated rings. The second-order valence-corrected chi connectivity index (χ2v) is 15.6. The summed E-state index contributed by atoms with van der Waals surface area (Å²) in [6.45, 7) is 9.25. The van der Waals surface area contributed by atoms with E-state index in [1.165, 1.54) is 61.2 Å². The van der Waals surface area contributed by atoms with Crippen molar-refractivity contribution in [2.24, 2.45) is 0 Å². The molecule has 4 aromatic rings. The maximum absolute atomic E-state index is 12.1. The van der Waals surface area contributed by atoms with E-state index in [2.05, 4.69) is 37.3 Å². The number of nitrogens with two attached hydrogens (primary N) is 1. The highest BCUT2D eigenvalue weighted by atomic mass is 35.5. The molecule has 4 aliphatic rings. The van der Waals surface area contributed by atoms with Crippen LogP contribution in [0.1, 0.15) is 89.9 Å². The highest BCUT2D eigenvalue weighted by molar-refractivity contribution is 6.31. The third-order valence-electron chi connectivity index (χ3n) is 11.1. The molecule has 2 N–H and O–H groups in total. The van der Waals surface area contributed by atoms with Crippen molar-refractivity contribution < 1.29 is 19.1 Å². The number of nitrogens with zero attached hydrogens (tertiary/aromatic N) is 4. The number of nitrogen functional groups attached to an aromatic ring is 1. The Labute approximate surface area is 339 Å². The number of aryl methyl sites for hydroxylation is 5. The van der Waals surface area contributed by atoms with Crippen molar-refractivity contribution in [3.05, 3.63) is 132 Å². The Kier molecular flexibility index (Phi) is 12.3. The Morgan fingerprint density at radius 1 is 0.625 bits per heavy atom. The molecule has 0 bridgehead atoms. The molecule has 11 heteroatoms. The number of ether oxygens (including phenoxy) is 2. The minimum atomic E-state index is -0.231. The van der Waals surface area contributed by atoms with Crippen LogP contribution in [0.4, 0.5) is 15.3 Å². The highest BCUT2D eigenvalue weighted by Gasteiger charge is 2.29. The molecular formula is C45H49Cl2N5O4. The number of benzene rings is 2. The molecular weight excluding hydrogens is 745 g/mol. The quantitative estimate of drug-likeness (QED) is 0.215. The summed E-state index contributed by atoms with van der Waals surface area (Å²) in [4.78, 5) is 37.3. The summed E-state index contributed by atoms with van der Waals surface area (Å²) in [5, 5.41) is 1.52. The van der Waals surface area contributed by atoms with Crippen LogP contribution in [-0.4, -0.2) is 71.3 Å². The number of carbonyl (C=O) groups is 2. The van der Waals surface area contributed by atoms with E-state index in [9.17, 15) is 9.59 Å². The smallest absolute Gasteiger partial charge is 0.409 e. The average Bonchev–Trinajstić information content (AvgIpc) is 3.45. The van der Waals surface area contributed by atoms with Crippen LogP contribution in [0.5, 0.6) is 0 Å². The molecule has 2 aliphatic carbocycles. The number of aromatic nitrogens is 2. The van der Waals surface area contributed by atoms with E-state index in [1.54, 1.807) is 16.0 Å². The lowest BCUT2D eigenvalue weighted by atomic mass is 9.88. The third kappa shape index (κ3) is 8.59. The van der Waals surface area contributed by atoms with Gasteiger partial charge in [-0.2, -0.15) is 0 Å². The van der Waals surface area contributed by atoms with Gasteiger partial charge in [-0.15, -0.1) is 0 Å². The topological polar surface area (TPSA) is 111 Å². The number of fused-ring (bicyclic) bond motifs is 4. The van der Waals surface area contributed by atoms with Gasteiger partial charge in [0.15, 0.2) is 0 Å². The van der Waals surface area contributed by atoms with Crippen LogP contribution in [0.25, 0.3) is 11.1 Å². The zero-order chi connectivity index (χ0) is 39.3. The second kappa shape index (κ2) is 17.5. The van der Waals surface area contributed by atoms with Gasteiger partial charge in [-0.05, 0) is 141 Å². The van der Waals surface area contributed by atoms with E-state index in [-0.39, 0.29) is 12.2 Å². The minimum Gasteiger partial charge on any atom is -0.450 e. The molecule has 2 aromatic carbocycles. The van der Waals surface area contributed by atoms with E-state index in [4.69, 9.17) is 48.4 Å². The summed E-state index contributed by atoms with van der Waals surface area (Å²) < 4.78 is 10.3. The van der Waals surface area contributed by atoms with Crippen LogP contribution in [-0.2, 0) is 35.2 Å². The van der Waals surface area contributed by atoms with Crippen molar-refractivity contribution in [3.63, 3.8) is 0 Å². The largest absolute Gasteiger partial charge is 0.450 e. The first-order chi connectivity index (χ1) is 27.1. The van der Waals surface area contributed by atoms with Gasteiger partial charge in [-0.25, -0.2) is 9.59 Å². The van der Waals surface area contributed by atoms with Crippen LogP contribution >= 0.6 is 23.2 Å². The molecule has 0 radical (unpaired) electrons. The van der Waals surface area contributed by atoms with E-state index >= 15 is 0 Å². The van der Waals surface area contributed by atoms with Crippen LogP contribution in [0.2, 0.25) is 10.0 Å². The number of anilines is 1. The molecule has 8 rings (SSSR count). The molecule has 56 heavy (non-hydrogen) atoms. The monoisotopic (exact) mass is 793 g/mol. The molecule has 0 atom stereocenters. The highest BCUT2D eigenvalue weighted by Crippen LogP contribution is 2.40. The Balaban J connectivity index is 0.000000172. The van der Waals surface area contributed by atoms with Crippen LogP contribution in [0.3, 0.4) is 0 Å². The maximum atomic E-state index is 12.1. The molecule has 2 saturated heterocycles. The fourth-order valence-corrected chi connectivity index (χ4v) is 8.76. The number of likely N-dealkylation sites (tertiary alicyclic amines) is 2. The van der Waals surface area contributed by atoms with Crippen molar-refractivity contribution in [1.29, 1.82) is 0 Å². The molecule has 2 amide bonds. The van der Waals surface area contributed by atoms with Crippen molar-refractivity contribution in [1.82, 2.24) is 19.8 Å².